The van der Waals surface area contributed by atoms with E-state index in [-0.39, 0.29) is 11.1 Å². The lowest BCUT2D eigenvalue weighted by Gasteiger charge is -2.46. The number of methoxy groups -OCH3 is 1. The van der Waals surface area contributed by atoms with Gasteiger partial charge in [0.05, 0.1) is 12.6 Å². The number of piperidine rings is 1. The molecule has 1 N–H and O–H groups in total. The fourth-order valence-electron chi connectivity index (χ4n) is 4.57. The maximum Gasteiger partial charge on any atom is 0.223 e. The number of hydrogen-bond donors (Lipinski definition) is 1. The summed E-state index contributed by atoms with van der Waals surface area (Å²) in [7, 11) is 1.72. The molecule has 4 heteroatoms. The zero-order valence-corrected chi connectivity index (χ0v) is 14.4. The van der Waals surface area contributed by atoms with E-state index in [1.807, 2.05) is 0 Å². The minimum atomic E-state index is 0.115. The number of hydrogen-bond acceptors (Lipinski definition) is 3. The SMILES string of the molecule is COC[C@@H]1CCCN1C(=O)CC1CC(C)(C)NC(C)(C)C1. The third-order valence-corrected chi connectivity index (χ3v) is 4.79. The molecule has 0 radical (unpaired) electrons. The van der Waals surface area contributed by atoms with Crippen LogP contribution in [0.5, 0.6) is 0 Å². The predicted molar refractivity (Wildman–Crippen MR) is 85.2 cm³/mol. The Morgan fingerprint density at radius 3 is 2.43 bits per heavy atom. The first-order valence-electron chi connectivity index (χ1n) is 8.30. The maximum absolute atomic E-state index is 12.7. The van der Waals surface area contributed by atoms with E-state index in [9.17, 15) is 4.79 Å². The minimum Gasteiger partial charge on any atom is -0.383 e. The topological polar surface area (TPSA) is 41.6 Å². The van der Waals surface area contributed by atoms with Gasteiger partial charge in [-0.05, 0) is 59.3 Å². The van der Waals surface area contributed by atoms with E-state index in [0.717, 1.165) is 32.2 Å². The van der Waals surface area contributed by atoms with Gasteiger partial charge in [0, 0.05) is 31.2 Å². The molecule has 0 unspecified atom stereocenters. The van der Waals surface area contributed by atoms with Gasteiger partial charge < -0.3 is 15.0 Å². The fraction of sp³-hybridized carbons (Fsp3) is 0.941. The average Bonchev–Trinajstić information content (AvgIpc) is 2.73. The standard InChI is InChI=1S/C17H32N2O2/c1-16(2)10-13(11-17(3,4)18-16)9-15(20)19-8-6-7-14(19)12-21-5/h13-14,18H,6-12H2,1-5H3/t14-/m0/s1. The molecule has 2 saturated heterocycles. The average molecular weight is 296 g/mol. The van der Waals surface area contributed by atoms with Crippen LogP contribution in [0.15, 0.2) is 0 Å². The van der Waals surface area contributed by atoms with Crippen LogP contribution >= 0.6 is 0 Å². The second-order valence-electron chi connectivity index (χ2n) is 8.21. The van der Waals surface area contributed by atoms with Gasteiger partial charge in [-0.1, -0.05) is 0 Å². The molecule has 1 amide bonds. The Labute approximate surface area is 129 Å². The molecule has 2 rings (SSSR count). The lowest BCUT2D eigenvalue weighted by Crippen LogP contribution is -2.58. The Bertz CT molecular complexity index is 363. The smallest absolute Gasteiger partial charge is 0.223 e. The van der Waals surface area contributed by atoms with E-state index < -0.39 is 0 Å². The van der Waals surface area contributed by atoms with Crippen LogP contribution in [0.25, 0.3) is 0 Å². The number of carbonyl (C=O) groups excluding carboxylic acids is 1. The van der Waals surface area contributed by atoms with Crippen molar-refractivity contribution in [2.75, 3.05) is 20.3 Å². The summed E-state index contributed by atoms with van der Waals surface area (Å²) in [4.78, 5) is 14.7. The van der Waals surface area contributed by atoms with Gasteiger partial charge in [0.1, 0.15) is 0 Å². The molecule has 2 fully saturated rings. The van der Waals surface area contributed by atoms with Gasteiger partial charge in [-0.25, -0.2) is 0 Å². The van der Waals surface area contributed by atoms with E-state index in [1.165, 1.54) is 0 Å². The van der Waals surface area contributed by atoms with E-state index >= 15 is 0 Å². The zero-order chi connectivity index (χ0) is 15.7. The summed E-state index contributed by atoms with van der Waals surface area (Å²) < 4.78 is 5.26. The van der Waals surface area contributed by atoms with Crippen molar-refractivity contribution in [2.24, 2.45) is 5.92 Å². The van der Waals surface area contributed by atoms with Gasteiger partial charge in [-0.3, -0.25) is 4.79 Å². The molecule has 4 nitrogen and oxygen atoms in total. The van der Waals surface area contributed by atoms with Crippen LogP contribution < -0.4 is 5.32 Å². The summed E-state index contributed by atoms with van der Waals surface area (Å²) in [5, 5.41) is 3.69. The molecule has 0 aromatic carbocycles. The molecule has 122 valence electrons. The molecule has 0 spiro atoms. The molecule has 21 heavy (non-hydrogen) atoms. The molecule has 0 bridgehead atoms. The molecule has 2 aliphatic heterocycles. The quantitative estimate of drug-likeness (QED) is 0.867. The minimum absolute atomic E-state index is 0.115. The van der Waals surface area contributed by atoms with Crippen molar-refractivity contribution >= 4 is 5.91 Å². The normalized spacial score (nSPS) is 28.8. The van der Waals surface area contributed by atoms with Crippen LogP contribution in [0.2, 0.25) is 0 Å². The van der Waals surface area contributed by atoms with E-state index in [0.29, 0.717) is 30.9 Å². The molecule has 0 aromatic rings. The fourth-order valence-corrected chi connectivity index (χ4v) is 4.57. The van der Waals surface area contributed by atoms with E-state index in [2.05, 4.69) is 37.9 Å². The van der Waals surface area contributed by atoms with Crippen molar-refractivity contribution in [3.05, 3.63) is 0 Å². The van der Waals surface area contributed by atoms with Crippen molar-refractivity contribution in [3.8, 4) is 0 Å². The number of nitrogens with zero attached hydrogens (tertiary/aromatic N) is 1. The van der Waals surface area contributed by atoms with Crippen molar-refractivity contribution in [2.45, 2.75) is 76.9 Å². The molecule has 0 aromatic heterocycles. The van der Waals surface area contributed by atoms with E-state index in [4.69, 9.17) is 4.74 Å². The Hall–Kier alpha value is -0.610. The number of ether oxygens (including phenoxy) is 1. The summed E-state index contributed by atoms with van der Waals surface area (Å²) in [5.74, 6) is 0.806. The van der Waals surface area contributed by atoms with Crippen LogP contribution in [0, 0.1) is 5.92 Å². The highest BCUT2D eigenvalue weighted by Crippen LogP contribution is 2.35. The molecular weight excluding hydrogens is 264 g/mol. The highest BCUT2D eigenvalue weighted by atomic mass is 16.5. The van der Waals surface area contributed by atoms with Crippen molar-refractivity contribution < 1.29 is 9.53 Å². The van der Waals surface area contributed by atoms with Crippen molar-refractivity contribution in [1.82, 2.24) is 10.2 Å². The summed E-state index contributed by atoms with van der Waals surface area (Å²) >= 11 is 0. The van der Waals surface area contributed by atoms with E-state index in [1.54, 1.807) is 7.11 Å². The van der Waals surface area contributed by atoms with Crippen molar-refractivity contribution in [1.29, 1.82) is 0 Å². The van der Waals surface area contributed by atoms with Crippen LogP contribution in [-0.4, -0.2) is 48.2 Å². The number of nitrogens with one attached hydrogen (secondary N) is 1. The lowest BCUT2D eigenvalue weighted by atomic mass is 9.74. The highest BCUT2D eigenvalue weighted by molar-refractivity contribution is 5.77. The number of amides is 1. The number of likely N-dealkylation sites (tertiary alicyclic amines) is 1. The Balaban J connectivity index is 1.95. The molecule has 2 heterocycles. The van der Waals surface area contributed by atoms with Crippen molar-refractivity contribution in [3.63, 3.8) is 0 Å². The first kappa shape index (κ1) is 16.8. The zero-order valence-electron chi connectivity index (χ0n) is 14.4. The van der Waals surface area contributed by atoms with Crippen LogP contribution in [0.4, 0.5) is 0 Å². The third kappa shape index (κ3) is 4.43. The number of carbonyl (C=O) groups is 1. The summed E-state index contributed by atoms with van der Waals surface area (Å²) in [5.41, 5.74) is 0.229. The second kappa shape index (κ2) is 6.25. The second-order valence-corrected chi connectivity index (χ2v) is 8.21. The Kier molecular flexibility index (Phi) is 4.99. The van der Waals surface area contributed by atoms with Gasteiger partial charge in [0.25, 0.3) is 0 Å². The largest absolute Gasteiger partial charge is 0.383 e. The van der Waals surface area contributed by atoms with Gasteiger partial charge in [-0.2, -0.15) is 0 Å². The highest BCUT2D eigenvalue weighted by Gasteiger charge is 2.39. The predicted octanol–water partition coefficient (Wildman–Crippen LogP) is 2.57. The summed E-state index contributed by atoms with van der Waals surface area (Å²) in [6, 6.07) is 0.297. The van der Waals surface area contributed by atoms with Gasteiger partial charge in [0.2, 0.25) is 5.91 Å². The maximum atomic E-state index is 12.7. The molecule has 1 atom stereocenters. The Morgan fingerprint density at radius 1 is 1.24 bits per heavy atom. The van der Waals surface area contributed by atoms with Gasteiger partial charge in [-0.15, -0.1) is 0 Å². The van der Waals surface area contributed by atoms with Crippen LogP contribution in [0.1, 0.15) is 59.8 Å². The van der Waals surface area contributed by atoms with Gasteiger partial charge >= 0.3 is 0 Å². The molecule has 0 aliphatic carbocycles. The number of rotatable bonds is 4. The Morgan fingerprint density at radius 2 is 1.86 bits per heavy atom. The first-order chi connectivity index (χ1) is 9.72. The van der Waals surface area contributed by atoms with Crippen LogP contribution in [0.3, 0.4) is 0 Å². The lowest BCUT2D eigenvalue weighted by molar-refractivity contribution is -0.134. The molecular formula is C17H32N2O2. The first-order valence-corrected chi connectivity index (χ1v) is 8.30. The summed E-state index contributed by atoms with van der Waals surface area (Å²) in [6.07, 6.45) is 5.04. The third-order valence-electron chi connectivity index (χ3n) is 4.79. The molecule has 0 saturated carbocycles. The van der Waals surface area contributed by atoms with Gasteiger partial charge in [0.15, 0.2) is 0 Å². The van der Waals surface area contributed by atoms with Crippen LogP contribution in [-0.2, 0) is 9.53 Å². The monoisotopic (exact) mass is 296 g/mol. The summed E-state index contributed by atoms with van der Waals surface area (Å²) in [6.45, 7) is 10.6. The molecule has 2 aliphatic rings.